The van der Waals surface area contributed by atoms with Crippen molar-refractivity contribution in [3.05, 3.63) is 29.0 Å². The quantitative estimate of drug-likeness (QED) is 0.916. The molecule has 4 nitrogen and oxygen atoms in total. The van der Waals surface area contributed by atoms with E-state index in [9.17, 15) is 12.8 Å². The topological polar surface area (TPSA) is 49.4 Å². The minimum atomic E-state index is -3.77. The van der Waals surface area contributed by atoms with Crippen molar-refractivity contribution in [1.82, 2.24) is 9.62 Å². The summed E-state index contributed by atoms with van der Waals surface area (Å²) < 4.78 is 39.7. The molecule has 2 rings (SSSR count). The van der Waals surface area contributed by atoms with Gasteiger partial charge < -0.3 is 5.32 Å². The van der Waals surface area contributed by atoms with Gasteiger partial charge in [0.15, 0.2) is 0 Å². The fourth-order valence-electron chi connectivity index (χ4n) is 2.21. The van der Waals surface area contributed by atoms with Crippen LogP contribution in [0.15, 0.2) is 23.1 Å². The zero-order valence-corrected chi connectivity index (χ0v) is 13.4. The van der Waals surface area contributed by atoms with E-state index >= 15 is 0 Å². The SMILES string of the molecule is CNC1CCN(S(=O)(=O)c2ccc(Cl)cc2F)CC1.Cl. The van der Waals surface area contributed by atoms with Crippen LogP contribution in [0.1, 0.15) is 12.8 Å². The summed E-state index contributed by atoms with van der Waals surface area (Å²) in [6.07, 6.45) is 1.45. The van der Waals surface area contributed by atoms with Gasteiger partial charge in [0.25, 0.3) is 0 Å². The van der Waals surface area contributed by atoms with E-state index in [1.54, 1.807) is 0 Å². The molecule has 1 fully saturated rings. The number of hydrogen-bond acceptors (Lipinski definition) is 3. The normalized spacial score (nSPS) is 17.8. The largest absolute Gasteiger partial charge is 0.317 e. The lowest BCUT2D eigenvalue weighted by Crippen LogP contribution is -2.44. The Morgan fingerprint density at radius 3 is 2.45 bits per heavy atom. The van der Waals surface area contributed by atoms with Gasteiger partial charge in [0, 0.05) is 24.2 Å². The molecule has 0 aromatic heterocycles. The maximum absolute atomic E-state index is 13.7. The average Bonchev–Trinajstić information content (AvgIpc) is 2.38. The fourth-order valence-corrected chi connectivity index (χ4v) is 3.88. The second-order valence-corrected chi connectivity index (χ2v) is 6.88. The summed E-state index contributed by atoms with van der Waals surface area (Å²) in [6.45, 7) is 0.797. The van der Waals surface area contributed by atoms with Crippen LogP contribution >= 0.6 is 24.0 Å². The molecule has 0 aliphatic carbocycles. The van der Waals surface area contributed by atoms with Gasteiger partial charge in [-0.1, -0.05) is 11.6 Å². The summed E-state index contributed by atoms with van der Waals surface area (Å²) in [6, 6.07) is 3.95. The predicted octanol–water partition coefficient (Wildman–Crippen LogP) is 2.27. The van der Waals surface area contributed by atoms with Crippen LogP contribution in [0, 0.1) is 5.82 Å². The first-order valence-electron chi connectivity index (χ1n) is 6.07. The monoisotopic (exact) mass is 342 g/mol. The molecule has 1 aliphatic heterocycles. The number of nitrogens with one attached hydrogen (secondary N) is 1. The Labute approximate surface area is 129 Å². The summed E-state index contributed by atoms with van der Waals surface area (Å²) in [4.78, 5) is -0.306. The molecule has 0 radical (unpaired) electrons. The van der Waals surface area contributed by atoms with E-state index in [1.165, 1.54) is 16.4 Å². The lowest BCUT2D eigenvalue weighted by molar-refractivity contribution is 0.297. The Hall–Kier alpha value is -0.400. The van der Waals surface area contributed by atoms with Crippen molar-refractivity contribution in [1.29, 1.82) is 0 Å². The Kier molecular flexibility index (Phi) is 6.22. The summed E-state index contributed by atoms with van der Waals surface area (Å²) in [7, 11) is -1.91. The molecule has 0 spiro atoms. The van der Waals surface area contributed by atoms with Gasteiger partial charge in [-0.25, -0.2) is 12.8 Å². The van der Waals surface area contributed by atoms with Gasteiger partial charge in [0.1, 0.15) is 10.7 Å². The van der Waals surface area contributed by atoms with E-state index < -0.39 is 15.8 Å². The Balaban J connectivity index is 0.00000200. The Morgan fingerprint density at radius 2 is 1.95 bits per heavy atom. The van der Waals surface area contributed by atoms with Gasteiger partial charge in [-0.05, 0) is 38.1 Å². The zero-order valence-electron chi connectivity index (χ0n) is 11.0. The minimum absolute atomic E-state index is 0. The smallest absolute Gasteiger partial charge is 0.245 e. The number of benzene rings is 1. The van der Waals surface area contributed by atoms with Crippen molar-refractivity contribution >= 4 is 34.0 Å². The maximum atomic E-state index is 13.7. The molecule has 0 amide bonds. The molecule has 20 heavy (non-hydrogen) atoms. The van der Waals surface area contributed by atoms with Crippen LogP contribution in [-0.2, 0) is 10.0 Å². The first-order chi connectivity index (χ1) is 8.95. The van der Waals surface area contributed by atoms with Crippen molar-refractivity contribution in [2.45, 2.75) is 23.8 Å². The van der Waals surface area contributed by atoms with Crippen LogP contribution in [0.3, 0.4) is 0 Å². The molecule has 0 saturated carbocycles. The van der Waals surface area contributed by atoms with Gasteiger partial charge >= 0.3 is 0 Å². The fraction of sp³-hybridized carbons (Fsp3) is 0.500. The van der Waals surface area contributed by atoms with Crippen molar-refractivity contribution < 1.29 is 12.8 Å². The number of halogens is 3. The van der Waals surface area contributed by atoms with E-state index in [0.29, 0.717) is 19.1 Å². The van der Waals surface area contributed by atoms with Gasteiger partial charge in [-0.15, -0.1) is 12.4 Å². The average molecular weight is 343 g/mol. The lowest BCUT2D eigenvalue weighted by atomic mass is 10.1. The highest BCUT2D eigenvalue weighted by atomic mass is 35.5. The summed E-state index contributed by atoms with van der Waals surface area (Å²) in [5.74, 6) is -0.803. The van der Waals surface area contributed by atoms with E-state index in [4.69, 9.17) is 11.6 Å². The predicted molar refractivity (Wildman–Crippen MR) is 79.5 cm³/mol. The van der Waals surface area contributed by atoms with Crippen molar-refractivity contribution in [2.75, 3.05) is 20.1 Å². The van der Waals surface area contributed by atoms with Crippen molar-refractivity contribution in [3.8, 4) is 0 Å². The second kappa shape index (κ2) is 7.04. The number of rotatable bonds is 3. The molecular weight excluding hydrogens is 326 g/mol. The van der Waals surface area contributed by atoms with Gasteiger partial charge in [-0.3, -0.25) is 0 Å². The van der Waals surface area contributed by atoms with Crippen molar-refractivity contribution in [3.63, 3.8) is 0 Å². The molecule has 1 aliphatic rings. The van der Waals surface area contributed by atoms with Crippen molar-refractivity contribution in [2.24, 2.45) is 0 Å². The molecule has 114 valence electrons. The maximum Gasteiger partial charge on any atom is 0.245 e. The minimum Gasteiger partial charge on any atom is -0.317 e. The summed E-state index contributed by atoms with van der Waals surface area (Å²) in [5, 5.41) is 3.31. The van der Waals surface area contributed by atoms with Crippen LogP contribution in [0.2, 0.25) is 5.02 Å². The van der Waals surface area contributed by atoms with E-state index in [-0.39, 0.29) is 22.3 Å². The third kappa shape index (κ3) is 3.62. The molecule has 0 bridgehead atoms. The molecule has 0 unspecified atom stereocenters. The first-order valence-corrected chi connectivity index (χ1v) is 7.89. The molecule has 1 aromatic rings. The summed E-state index contributed by atoms with van der Waals surface area (Å²) >= 11 is 5.63. The third-order valence-electron chi connectivity index (χ3n) is 3.37. The van der Waals surface area contributed by atoms with Crippen LogP contribution < -0.4 is 5.32 Å². The van der Waals surface area contributed by atoms with Crippen LogP contribution in [0.4, 0.5) is 4.39 Å². The number of nitrogens with zero attached hydrogens (tertiary/aromatic N) is 1. The van der Waals surface area contributed by atoms with Gasteiger partial charge in [0.2, 0.25) is 10.0 Å². The van der Waals surface area contributed by atoms with Gasteiger partial charge in [0.05, 0.1) is 0 Å². The van der Waals surface area contributed by atoms with E-state index in [2.05, 4.69) is 5.32 Å². The molecule has 1 N–H and O–H groups in total. The first kappa shape index (κ1) is 17.7. The van der Waals surface area contributed by atoms with Crippen LogP contribution in [-0.4, -0.2) is 38.9 Å². The third-order valence-corrected chi connectivity index (χ3v) is 5.54. The zero-order chi connectivity index (χ0) is 14.0. The van der Waals surface area contributed by atoms with Crippen LogP contribution in [0.5, 0.6) is 0 Å². The molecular formula is C12H17Cl2FN2O2S. The highest BCUT2D eigenvalue weighted by Gasteiger charge is 2.30. The summed E-state index contributed by atoms with van der Waals surface area (Å²) in [5.41, 5.74) is 0. The van der Waals surface area contributed by atoms with Crippen LogP contribution in [0.25, 0.3) is 0 Å². The molecule has 1 saturated heterocycles. The Morgan fingerprint density at radius 1 is 1.35 bits per heavy atom. The highest BCUT2D eigenvalue weighted by Crippen LogP contribution is 2.24. The molecule has 0 atom stereocenters. The highest BCUT2D eigenvalue weighted by molar-refractivity contribution is 7.89. The molecule has 8 heteroatoms. The van der Waals surface area contributed by atoms with Gasteiger partial charge in [-0.2, -0.15) is 4.31 Å². The number of sulfonamides is 1. The van der Waals surface area contributed by atoms with E-state index in [1.807, 2.05) is 7.05 Å². The number of piperidine rings is 1. The lowest BCUT2D eigenvalue weighted by Gasteiger charge is -2.31. The molecule has 1 aromatic carbocycles. The Bertz CT molecular complexity index is 561. The standard InChI is InChI=1S/C12H16ClFN2O2S.ClH/c1-15-10-4-6-16(7-5-10)19(17,18)12-3-2-9(13)8-11(12)14;/h2-3,8,10,15H,4-7H2,1H3;1H. The molecule has 1 heterocycles. The second-order valence-electron chi connectivity index (χ2n) is 4.54. The van der Waals surface area contributed by atoms with E-state index in [0.717, 1.165) is 18.9 Å². The number of hydrogen-bond donors (Lipinski definition) is 1.